The molecule has 1 aliphatic heterocycles. The van der Waals surface area contributed by atoms with Crippen molar-refractivity contribution in [3.63, 3.8) is 0 Å². The Kier molecular flexibility index (Phi) is 3.69. The van der Waals surface area contributed by atoms with Crippen molar-refractivity contribution in [3.05, 3.63) is 0 Å². The van der Waals surface area contributed by atoms with E-state index in [9.17, 15) is 9.59 Å². The monoisotopic (exact) mass is 289 g/mol. The van der Waals surface area contributed by atoms with Crippen molar-refractivity contribution in [2.75, 3.05) is 19.2 Å². The second-order valence-electron chi connectivity index (χ2n) is 6.27. The van der Waals surface area contributed by atoms with Gasteiger partial charge in [-0.3, -0.25) is 4.79 Å². The van der Waals surface area contributed by atoms with Crippen LogP contribution in [0.25, 0.3) is 0 Å². The minimum Gasteiger partial charge on any atom is -0.449 e. The van der Waals surface area contributed by atoms with E-state index in [2.05, 4.69) is 0 Å². The molecule has 0 aromatic heterocycles. The summed E-state index contributed by atoms with van der Waals surface area (Å²) in [5.41, 5.74) is -0.889. The van der Waals surface area contributed by atoms with Crippen LogP contribution < -0.4 is 0 Å². The predicted octanol–water partition coefficient (Wildman–Crippen LogP) is 2.37. The van der Waals surface area contributed by atoms with E-state index >= 15 is 0 Å². The Morgan fingerprint density at radius 3 is 2.63 bits per heavy atom. The Morgan fingerprint density at radius 1 is 1.42 bits per heavy atom. The maximum atomic E-state index is 11.9. The predicted molar refractivity (Wildman–Crippen MR) is 69.8 cm³/mol. The van der Waals surface area contributed by atoms with E-state index in [4.69, 9.17) is 21.1 Å². The van der Waals surface area contributed by atoms with E-state index in [0.717, 1.165) is 6.42 Å². The van der Waals surface area contributed by atoms with E-state index < -0.39 is 11.0 Å². The lowest BCUT2D eigenvalue weighted by Crippen LogP contribution is -2.44. The third kappa shape index (κ3) is 2.96. The number of amides is 1. The van der Waals surface area contributed by atoms with Gasteiger partial charge in [0.2, 0.25) is 0 Å². The summed E-state index contributed by atoms with van der Waals surface area (Å²) >= 11 is 5.42. The van der Waals surface area contributed by atoms with Crippen molar-refractivity contribution in [1.82, 2.24) is 4.90 Å². The molecule has 2 aliphatic rings. The van der Waals surface area contributed by atoms with E-state index in [1.165, 1.54) is 0 Å². The second kappa shape index (κ2) is 4.85. The van der Waals surface area contributed by atoms with Crippen molar-refractivity contribution < 1.29 is 19.1 Å². The number of rotatable bonds is 2. The van der Waals surface area contributed by atoms with Crippen LogP contribution in [0, 0.1) is 11.3 Å². The van der Waals surface area contributed by atoms with Crippen LogP contribution in [-0.2, 0) is 14.3 Å². The number of piperidine rings is 1. The number of hydrogen-bond acceptors (Lipinski definition) is 4. The number of esters is 1. The van der Waals surface area contributed by atoms with Crippen LogP contribution in [0.15, 0.2) is 0 Å². The molecule has 2 atom stereocenters. The van der Waals surface area contributed by atoms with Gasteiger partial charge in [0, 0.05) is 13.1 Å². The van der Waals surface area contributed by atoms with Crippen LogP contribution >= 0.6 is 11.6 Å². The summed E-state index contributed by atoms with van der Waals surface area (Å²) in [4.78, 5) is 25.4. The molecule has 0 radical (unpaired) electrons. The van der Waals surface area contributed by atoms with Gasteiger partial charge in [-0.15, -0.1) is 0 Å². The minimum atomic E-state index is -0.493. The van der Waals surface area contributed by atoms with Gasteiger partial charge in [-0.05, 0) is 39.5 Å². The molecular formula is C13H20ClNO4. The number of carbonyl (C=O) groups is 2. The maximum absolute atomic E-state index is 11.9. The molecule has 1 saturated carbocycles. The van der Waals surface area contributed by atoms with Crippen LogP contribution in [0.5, 0.6) is 0 Å². The molecule has 2 unspecified atom stereocenters. The highest BCUT2D eigenvalue weighted by molar-refractivity contribution is 6.17. The fourth-order valence-corrected chi connectivity index (χ4v) is 2.75. The number of likely N-dealkylation sites (tertiary alicyclic amines) is 1. The molecule has 1 amide bonds. The van der Waals surface area contributed by atoms with Gasteiger partial charge in [0.05, 0.1) is 5.41 Å². The van der Waals surface area contributed by atoms with Gasteiger partial charge in [0.25, 0.3) is 0 Å². The topological polar surface area (TPSA) is 55.8 Å². The molecule has 0 spiro atoms. The van der Waals surface area contributed by atoms with Crippen molar-refractivity contribution >= 4 is 23.7 Å². The standard InChI is InChI=1S/C13H20ClNO4/c1-12(2,3)19-11(17)15-5-4-13(6-9(13)7-15)10(16)18-8-14/h9H,4-8H2,1-3H3. The summed E-state index contributed by atoms with van der Waals surface area (Å²) < 4.78 is 10.2. The third-order valence-corrected chi connectivity index (χ3v) is 3.85. The van der Waals surface area contributed by atoms with Gasteiger partial charge >= 0.3 is 12.1 Å². The highest BCUT2D eigenvalue weighted by Crippen LogP contribution is 2.58. The molecule has 5 nitrogen and oxygen atoms in total. The summed E-state index contributed by atoms with van der Waals surface area (Å²) in [5.74, 6) is -0.0409. The molecule has 0 aromatic rings. The first-order valence-corrected chi connectivity index (χ1v) is 7.03. The summed E-state index contributed by atoms with van der Waals surface area (Å²) in [7, 11) is 0. The van der Waals surface area contributed by atoms with Gasteiger partial charge < -0.3 is 14.4 Å². The van der Waals surface area contributed by atoms with Crippen LogP contribution in [-0.4, -0.2) is 41.7 Å². The lowest BCUT2D eigenvalue weighted by atomic mass is 9.95. The van der Waals surface area contributed by atoms with Gasteiger partial charge in [-0.25, -0.2) is 4.79 Å². The lowest BCUT2D eigenvalue weighted by molar-refractivity contribution is -0.150. The number of ether oxygens (including phenoxy) is 2. The average molecular weight is 290 g/mol. The number of alkyl halides is 1. The van der Waals surface area contributed by atoms with Gasteiger partial charge in [0.1, 0.15) is 5.60 Å². The zero-order chi connectivity index (χ0) is 14.3. The summed E-state index contributed by atoms with van der Waals surface area (Å²) in [6, 6.07) is -0.108. The van der Waals surface area contributed by atoms with E-state index in [0.29, 0.717) is 19.5 Å². The minimum absolute atomic E-state index is 0.108. The highest BCUT2D eigenvalue weighted by Gasteiger charge is 2.63. The zero-order valence-corrected chi connectivity index (χ0v) is 12.3. The number of fused-ring (bicyclic) bond motifs is 1. The van der Waals surface area contributed by atoms with E-state index in [1.807, 2.05) is 20.8 Å². The van der Waals surface area contributed by atoms with Crippen LogP contribution in [0.2, 0.25) is 0 Å². The number of hydrogen-bond donors (Lipinski definition) is 0. The molecule has 0 N–H and O–H groups in total. The molecule has 1 saturated heterocycles. The SMILES string of the molecule is CC(C)(C)OC(=O)N1CCC2(C(=O)OCCl)CC2C1. The molecule has 2 rings (SSSR count). The molecule has 19 heavy (non-hydrogen) atoms. The summed E-state index contributed by atoms with van der Waals surface area (Å²) in [5, 5.41) is 0. The van der Waals surface area contributed by atoms with Crippen LogP contribution in [0.3, 0.4) is 0 Å². The smallest absolute Gasteiger partial charge is 0.410 e. The second-order valence-corrected chi connectivity index (χ2v) is 6.49. The number of halogens is 1. The molecule has 2 fully saturated rings. The molecule has 108 valence electrons. The van der Waals surface area contributed by atoms with Crippen molar-refractivity contribution in [2.45, 2.75) is 39.2 Å². The van der Waals surface area contributed by atoms with Crippen LogP contribution in [0.4, 0.5) is 4.79 Å². The number of carbonyl (C=O) groups excluding carboxylic acids is 2. The van der Waals surface area contributed by atoms with Crippen LogP contribution in [0.1, 0.15) is 33.6 Å². The Morgan fingerprint density at radius 2 is 2.11 bits per heavy atom. The van der Waals surface area contributed by atoms with Gasteiger partial charge in [-0.1, -0.05) is 11.6 Å². The Balaban J connectivity index is 1.90. The normalized spacial score (nSPS) is 29.5. The first kappa shape index (κ1) is 14.4. The molecule has 0 aromatic carbocycles. The van der Waals surface area contributed by atoms with Crippen molar-refractivity contribution in [2.24, 2.45) is 11.3 Å². The summed E-state index contributed by atoms with van der Waals surface area (Å²) in [6.07, 6.45) is 1.10. The van der Waals surface area contributed by atoms with E-state index in [-0.39, 0.29) is 24.0 Å². The first-order valence-electron chi connectivity index (χ1n) is 6.49. The molecule has 1 heterocycles. The highest BCUT2D eigenvalue weighted by atomic mass is 35.5. The van der Waals surface area contributed by atoms with Crippen molar-refractivity contribution in [1.29, 1.82) is 0 Å². The maximum Gasteiger partial charge on any atom is 0.410 e. The third-order valence-electron chi connectivity index (χ3n) is 3.74. The fraction of sp³-hybridized carbons (Fsp3) is 0.846. The molecular weight excluding hydrogens is 270 g/mol. The Labute approximate surface area is 118 Å². The zero-order valence-electron chi connectivity index (χ0n) is 11.6. The lowest BCUT2D eigenvalue weighted by Gasteiger charge is -2.32. The quantitative estimate of drug-likeness (QED) is 0.578. The molecule has 1 aliphatic carbocycles. The Hall–Kier alpha value is -0.970. The summed E-state index contributed by atoms with van der Waals surface area (Å²) in [6.45, 7) is 6.62. The average Bonchev–Trinajstić information content (AvgIpc) is 3.01. The fourth-order valence-electron chi connectivity index (χ4n) is 2.66. The molecule has 6 heteroatoms. The van der Waals surface area contributed by atoms with Crippen molar-refractivity contribution in [3.8, 4) is 0 Å². The van der Waals surface area contributed by atoms with Gasteiger partial charge in [-0.2, -0.15) is 0 Å². The molecule has 0 bridgehead atoms. The largest absolute Gasteiger partial charge is 0.449 e. The first-order chi connectivity index (χ1) is 8.78. The van der Waals surface area contributed by atoms with Gasteiger partial charge in [0.15, 0.2) is 6.07 Å². The van der Waals surface area contributed by atoms with E-state index in [1.54, 1.807) is 4.90 Å². The number of nitrogens with zero attached hydrogens (tertiary/aromatic N) is 1. The Bertz CT molecular complexity index is 393.